The second kappa shape index (κ2) is 5.78. The molecule has 0 radical (unpaired) electrons. The molecule has 0 aliphatic rings. The average molecular weight is 334 g/mol. The summed E-state index contributed by atoms with van der Waals surface area (Å²) in [5, 5.41) is 11.2. The third-order valence-electron chi connectivity index (χ3n) is 2.38. The highest BCUT2D eigenvalue weighted by atomic mass is 35.5. The summed E-state index contributed by atoms with van der Waals surface area (Å²) < 4.78 is 14.1. The minimum Gasteiger partial charge on any atom is -0.478 e. The maximum atomic E-state index is 13.7. The van der Waals surface area contributed by atoms with Gasteiger partial charge in [-0.3, -0.25) is 4.79 Å². The number of carbonyl (C=O) groups excluding carboxylic acids is 1. The number of thiophene rings is 1. The van der Waals surface area contributed by atoms with Crippen molar-refractivity contribution in [2.24, 2.45) is 0 Å². The number of hydrogen-bond donors (Lipinski definition) is 2. The number of carbonyl (C=O) groups is 2. The van der Waals surface area contributed by atoms with Gasteiger partial charge in [-0.05, 0) is 18.2 Å². The third-order valence-corrected chi connectivity index (χ3v) is 3.87. The fourth-order valence-corrected chi connectivity index (χ4v) is 2.96. The highest BCUT2D eigenvalue weighted by Crippen LogP contribution is 2.32. The Hall–Kier alpha value is -1.63. The molecule has 104 valence electrons. The van der Waals surface area contributed by atoms with Gasteiger partial charge in [0.1, 0.15) is 10.2 Å². The van der Waals surface area contributed by atoms with Gasteiger partial charge in [-0.1, -0.05) is 29.3 Å². The molecule has 1 aromatic carbocycles. The fourth-order valence-electron chi connectivity index (χ4n) is 1.51. The Morgan fingerprint density at radius 3 is 2.50 bits per heavy atom. The van der Waals surface area contributed by atoms with Crippen molar-refractivity contribution in [2.75, 3.05) is 5.32 Å². The molecule has 1 aromatic heterocycles. The molecule has 0 unspecified atom stereocenters. The van der Waals surface area contributed by atoms with Crippen molar-refractivity contribution >= 4 is 52.1 Å². The second-order valence-electron chi connectivity index (χ2n) is 3.66. The number of benzene rings is 1. The molecule has 0 aliphatic heterocycles. The number of rotatable bonds is 3. The molecule has 0 saturated carbocycles. The highest BCUT2D eigenvalue weighted by molar-refractivity contribution is 7.20. The van der Waals surface area contributed by atoms with Crippen molar-refractivity contribution < 1.29 is 19.1 Å². The van der Waals surface area contributed by atoms with Gasteiger partial charge in [0.2, 0.25) is 0 Å². The average Bonchev–Trinajstić information content (AvgIpc) is 2.70. The molecule has 0 fully saturated rings. The topological polar surface area (TPSA) is 66.4 Å². The van der Waals surface area contributed by atoms with Crippen LogP contribution in [0.25, 0.3) is 0 Å². The molecule has 2 rings (SSSR count). The van der Waals surface area contributed by atoms with Gasteiger partial charge in [-0.15, -0.1) is 11.3 Å². The zero-order valence-corrected chi connectivity index (χ0v) is 11.9. The van der Waals surface area contributed by atoms with Crippen LogP contribution in [0.1, 0.15) is 20.7 Å². The van der Waals surface area contributed by atoms with Crippen LogP contribution < -0.4 is 5.32 Å². The standard InChI is InChI=1S/C12H6Cl2FNO3S/c13-8-4-6(10(14)20-8)11(17)16-9-5(12(18)19)2-1-3-7(9)15/h1-4H,(H,16,17)(H,18,19). The molecular formula is C12H6Cl2FNO3S. The number of para-hydroxylation sites is 1. The first kappa shape index (κ1) is 14.8. The maximum Gasteiger partial charge on any atom is 0.337 e. The van der Waals surface area contributed by atoms with Gasteiger partial charge in [0, 0.05) is 0 Å². The summed E-state index contributed by atoms with van der Waals surface area (Å²) in [6.45, 7) is 0. The summed E-state index contributed by atoms with van der Waals surface area (Å²) in [6, 6.07) is 4.79. The minimum absolute atomic E-state index is 0.0567. The van der Waals surface area contributed by atoms with E-state index < -0.39 is 23.4 Å². The van der Waals surface area contributed by atoms with Crippen molar-refractivity contribution in [3.63, 3.8) is 0 Å². The molecule has 2 aromatic rings. The lowest BCUT2D eigenvalue weighted by molar-refractivity contribution is 0.0697. The fraction of sp³-hybridized carbons (Fsp3) is 0. The van der Waals surface area contributed by atoms with Crippen LogP contribution in [0.5, 0.6) is 0 Å². The number of carboxylic acids is 1. The van der Waals surface area contributed by atoms with Crippen LogP contribution >= 0.6 is 34.5 Å². The lowest BCUT2D eigenvalue weighted by Gasteiger charge is -2.08. The van der Waals surface area contributed by atoms with Crippen molar-refractivity contribution in [1.29, 1.82) is 0 Å². The zero-order chi connectivity index (χ0) is 14.9. The molecular weight excluding hydrogens is 328 g/mol. The first-order chi connectivity index (χ1) is 9.40. The van der Waals surface area contributed by atoms with E-state index in [0.717, 1.165) is 17.4 Å². The van der Waals surface area contributed by atoms with E-state index >= 15 is 0 Å². The van der Waals surface area contributed by atoms with Crippen LogP contribution in [-0.4, -0.2) is 17.0 Å². The third kappa shape index (κ3) is 2.92. The summed E-state index contributed by atoms with van der Waals surface area (Å²) in [5.74, 6) is -2.93. The van der Waals surface area contributed by atoms with E-state index in [4.69, 9.17) is 28.3 Å². The summed E-state index contributed by atoms with van der Waals surface area (Å²) in [5.41, 5.74) is -0.708. The van der Waals surface area contributed by atoms with Crippen LogP contribution in [0.2, 0.25) is 8.67 Å². The Kier molecular flexibility index (Phi) is 4.27. The van der Waals surface area contributed by atoms with Crippen LogP contribution in [0, 0.1) is 5.82 Å². The number of aromatic carboxylic acids is 1. The minimum atomic E-state index is -1.35. The Labute approximate surface area is 126 Å². The van der Waals surface area contributed by atoms with Gasteiger partial charge in [-0.2, -0.15) is 0 Å². The monoisotopic (exact) mass is 333 g/mol. The van der Waals surface area contributed by atoms with Gasteiger partial charge >= 0.3 is 5.97 Å². The molecule has 0 saturated heterocycles. The van der Waals surface area contributed by atoms with Gasteiger partial charge < -0.3 is 10.4 Å². The van der Waals surface area contributed by atoms with Gasteiger partial charge in [-0.25, -0.2) is 9.18 Å². The summed E-state index contributed by atoms with van der Waals surface area (Å²) in [7, 11) is 0. The van der Waals surface area contributed by atoms with Crippen LogP contribution in [0.4, 0.5) is 10.1 Å². The number of amides is 1. The Morgan fingerprint density at radius 2 is 1.95 bits per heavy atom. The molecule has 8 heteroatoms. The van der Waals surface area contributed by atoms with E-state index in [1.54, 1.807) is 0 Å². The Morgan fingerprint density at radius 1 is 1.25 bits per heavy atom. The van der Waals surface area contributed by atoms with E-state index in [-0.39, 0.29) is 15.5 Å². The number of anilines is 1. The van der Waals surface area contributed by atoms with Gasteiger partial charge in [0.15, 0.2) is 0 Å². The summed E-state index contributed by atoms with van der Waals surface area (Å²) >= 11 is 12.5. The second-order valence-corrected chi connectivity index (χ2v) is 5.95. The van der Waals surface area contributed by atoms with E-state index in [9.17, 15) is 14.0 Å². The lowest BCUT2D eigenvalue weighted by atomic mass is 10.1. The van der Waals surface area contributed by atoms with E-state index in [1.807, 2.05) is 0 Å². The normalized spacial score (nSPS) is 10.3. The summed E-state index contributed by atoms with van der Waals surface area (Å²) in [6.07, 6.45) is 0. The van der Waals surface area contributed by atoms with E-state index in [0.29, 0.717) is 4.34 Å². The van der Waals surface area contributed by atoms with Crippen molar-refractivity contribution in [2.45, 2.75) is 0 Å². The number of halogens is 3. The van der Waals surface area contributed by atoms with Gasteiger partial charge in [0.25, 0.3) is 5.91 Å². The molecule has 0 aliphatic carbocycles. The van der Waals surface area contributed by atoms with Gasteiger partial charge in [0.05, 0.1) is 21.2 Å². The van der Waals surface area contributed by atoms with Crippen molar-refractivity contribution in [3.05, 3.63) is 49.9 Å². The summed E-state index contributed by atoms with van der Waals surface area (Å²) in [4.78, 5) is 23.0. The molecule has 20 heavy (non-hydrogen) atoms. The van der Waals surface area contributed by atoms with E-state index in [2.05, 4.69) is 5.32 Å². The van der Waals surface area contributed by atoms with Crippen LogP contribution in [0.3, 0.4) is 0 Å². The van der Waals surface area contributed by atoms with E-state index in [1.165, 1.54) is 18.2 Å². The largest absolute Gasteiger partial charge is 0.478 e. The van der Waals surface area contributed by atoms with Crippen LogP contribution in [-0.2, 0) is 0 Å². The highest BCUT2D eigenvalue weighted by Gasteiger charge is 2.20. The Bertz CT molecular complexity index is 702. The molecule has 4 nitrogen and oxygen atoms in total. The molecule has 0 atom stereocenters. The SMILES string of the molecule is O=C(Nc1c(F)cccc1C(=O)O)c1cc(Cl)sc1Cl. The maximum absolute atomic E-state index is 13.7. The van der Waals surface area contributed by atoms with Crippen LogP contribution in [0.15, 0.2) is 24.3 Å². The first-order valence-electron chi connectivity index (χ1n) is 5.18. The molecule has 0 spiro atoms. The Balaban J connectivity index is 2.37. The van der Waals surface area contributed by atoms with Crippen molar-refractivity contribution in [1.82, 2.24) is 0 Å². The van der Waals surface area contributed by atoms with Crippen molar-refractivity contribution in [3.8, 4) is 0 Å². The number of hydrogen-bond acceptors (Lipinski definition) is 3. The zero-order valence-electron chi connectivity index (χ0n) is 9.62. The predicted molar refractivity (Wildman–Crippen MR) is 75.7 cm³/mol. The number of nitrogens with one attached hydrogen (secondary N) is 1. The molecule has 1 heterocycles. The first-order valence-corrected chi connectivity index (χ1v) is 6.75. The number of carboxylic acid groups (broad SMARTS) is 1. The smallest absolute Gasteiger partial charge is 0.337 e. The quantitative estimate of drug-likeness (QED) is 0.886. The molecule has 0 bridgehead atoms. The molecule has 2 N–H and O–H groups in total. The predicted octanol–water partition coefficient (Wildman–Crippen LogP) is 4.14. The molecule has 1 amide bonds. The lowest BCUT2D eigenvalue weighted by Crippen LogP contribution is -2.16.